The van der Waals surface area contributed by atoms with E-state index >= 15 is 0 Å². The standard InChI is InChI=1S/C13H11F3O/c1-2-3-4-5-12(17)10-6-8-11(9-7-10)13(14,15)16/h6-9H,4-5H2,1H3. The van der Waals surface area contributed by atoms with Gasteiger partial charge in [-0.25, -0.2) is 0 Å². The molecule has 17 heavy (non-hydrogen) atoms. The molecule has 0 unspecified atom stereocenters. The minimum absolute atomic E-state index is 0.193. The van der Waals surface area contributed by atoms with Gasteiger partial charge in [-0.2, -0.15) is 13.2 Å². The van der Waals surface area contributed by atoms with Gasteiger partial charge in [-0.15, -0.1) is 11.8 Å². The summed E-state index contributed by atoms with van der Waals surface area (Å²) >= 11 is 0. The van der Waals surface area contributed by atoms with Crippen molar-refractivity contribution in [3.63, 3.8) is 0 Å². The average Bonchev–Trinajstić information content (AvgIpc) is 2.28. The molecule has 0 amide bonds. The number of Topliss-reactive ketones (excluding diaryl/α,β-unsaturated/α-hetero) is 1. The van der Waals surface area contributed by atoms with Crippen LogP contribution >= 0.6 is 0 Å². The second-order valence-electron chi connectivity index (χ2n) is 3.43. The Bertz CT molecular complexity index is 446. The molecule has 0 fully saturated rings. The molecule has 0 bridgehead atoms. The van der Waals surface area contributed by atoms with Crippen LogP contribution in [-0.4, -0.2) is 5.78 Å². The largest absolute Gasteiger partial charge is 0.416 e. The van der Waals surface area contributed by atoms with Gasteiger partial charge >= 0.3 is 6.18 Å². The monoisotopic (exact) mass is 240 g/mol. The molecule has 0 spiro atoms. The van der Waals surface area contributed by atoms with Gasteiger partial charge in [0.1, 0.15) is 0 Å². The van der Waals surface area contributed by atoms with Crippen LogP contribution < -0.4 is 0 Å². The van der Waals surface area contributed by atoms with Crippen molar-refractivity contribution in [3.05, 3.63) is 35.4 Å². The van der Waals surface area contributed by atoms with E-state index in [4.69, 9.17) is 0 Å². The average molecular weight is 240 g/mol. The summed E-state index contributed by atoms with van der Waals surface area (Å²) in [5.74, 6) is 5.19. The lowest BCUT2D eigenvalue weighted by atomic mass is 10.0. The molecular formula is C13H11F3O. The number of carbonyl (C=O) groups is 1. The van der Waals surface area contributed by atoms with Crippen molar-refractivity contribution in [2.24, 2.45) is 0 Å². The number of ketones is 1. The van der Waals surface area contributed by atoms with E-state index in [0.717, 1.165) is 12.1 Å². The van der Waals surface area contributed by atoms with Crippen LogP contribution in [0.4, 0.5) is 13.2 Å². The minimum atomic E-state index is -4.37. The number of alkyl halides is 3. The summed E-state index contributed by atoms with van der Waals surface area (Å²) in [5.41, 5.74) is -0.460. The highest BCUT2D eigenvalue weighted by atomic mass is 19.4. The highest BCUT2D eigenvalue weighted by Crippen LogP contribution is 2.29. The van der Waals surface area contributed by atoms with E-state index in [-0.39, 0.29) is 17.8 Å². The predicted molar refractivity (Wildman–Crippen MR) is 58.5 cm³/mol. The molecule has 1 aromatic carbocycles. The van der Waals surface area contributed by atoms with Crippen molar-refractivity contribution in [2.45, 2.75) is 25.9 Å². The van der Waals surface area contributed by atoms with Crippen LogP contribution in [0.5, 0.6) is 0 Å². The highest BCUT2D eigenvalue weighted by Gasteiger charge is 2.30. The zero-order valence-corrected chi connectivity index (χ0v) is 9.27. The summed E-state index contributed by atoms with van der Waals surface area (Å²) in [4.78, 5) is 11.5. The van der Waals surface area contributed by atoms with Gasteiger partial charge in [0.25, 0.3) is 0 Å². The number of benzene rings is 1. The molecule has 1 rings (SSSR count). The summed E-state index contributed by atoms with van der Waals surface area (Å²) in [7, 11) is 0. The molecule has 0 aliphatic heterocycles. The van der Waals surface area contributed by atoms with E-state index < -0.39 is 11.7 Å². The summed E-state index contributed by atoms with van der Waals surface area (Å²) in [6.45, 7) is 1.67. The van der Waals surface area contributed by atoms with Crippen LogP contribution in [0.1, 0.15) is 35.7 Å². The maximum atomic E-state index is 12.3. The van der Waals surface area contributed by atoms with Crippen LogP contribution in [0.3, 0.4) is 0 Å². The first-order chi connectivity index (χ1) is 7.95. The molecule has 0 aliphatic rings. The zero-order valence-electron chi connectivity index (χ0n) is 9.27. The Kier molecular flexibility index (Phi) is 4.33. The molecule has 4 heteroatoms. The van der Waals surface area contributed by atoms with E-state index in [0.29, 0.717) is 6.42 Å². The fraction of sp³-hybridized carbons (Fsp3) is 0.308. The molecule has 0 saturated carbocycles. The van der Waals surface area contributed by atoms with E-state index in [1.165, 1.54) is 12.1 Å². The van der Waals surface area contributed by atoms with Crippen molar-refractivity contribution in [1.82, 2.24) is 0 Å². The SMILES string of the molecule is CC#CCCC(=O)c1ccc(C(F)(F)F)cc1. The molecule has 0 radical (unpaired) electrons. The number of carbonyl (C=O) groups excluding carboxylic acids is 1. The van der Waals surface area contributed by atoms with E-state index in [2.05, 4.69) is 11.8 Å². The Balaban J connectivity index is 2.73. The van der Waals surface area contributed by atoms with Gasteiger partial charge in [-0.1, -0.05) is 12.1 Å². The van der Waals surface area contributed by atoms with Crippen LogP contribution in [-0.2, 0) is 6.18 Å². The van der Waals surface area contributed by atoms with E-state index in [1.54, 1.807) is 6.92 Å². The number of hydrogen-bond donors (Lipinski definition) is 0. The quantitative estimate of drug-likeness (QED) is 0.581. The van der Waals surface area contributed by atoms with Gasteiger partial charge in [-0.05, 0) is 19.1 Å². The fourth-order valence-electron chi connectivity index (χ4n) is 1.29. The molecule has 1 aromatic rings. The lowest BCUT2D eigenvalue weighted by Crippen LogP contribution is -2.06. The molecule has 0 saturated heterocycles. The van der Waals surface area contributed by atoms with Crippen LogP contribution in [0.15, 0.2) is 24.3 Å². The van der Waals surface area contributed by atoms with E-state index in [9.17, 15) is 18.0 Å². The van der Waals surface area contributed by atoms with E-state index in [1.807, 2.05) is 0 Å². The molecular weight excluding hydrogens is 229 g/mol. The molecule has 90 valence electrons. The first-order valence-electron chi connectivity index (χ1n) is 5.05. The Morgan fingerprint density at radius 1 is 1.24 bits per heavy atom. The van der Waals surface area contributed by atoms with Crippen molar-refractivity contribution >= 4 is 5.78 Å². The highest BCUT2D eigenvalue weighted by molar-refractivity contribution is 5.96. The van der Waals surface area contributed by atoms with Gasteiger partial charge in [-0.3, -0.25) is 4.79 Å². The Labute approximate surface area is 97.6 Å². The summed E-state index contributed by atoms with van der Waals surface area (Å²) in [6.07, 6.45) is -3.71. The normalized spacial score (nSPS) is 10.6. The molecule has 0 aromatic heterocycles. The molecule has 0 atom stereocenters. The minimum Gasteiger partial charge on any atom is -0.294 e. The number of halogens is 3. The van der Waals surface area contributed by atoms with Gasteiger partial charge < -0.3 is 0 Å². The predicted octanol–water partition coefficient (Wildman–Crippen LogP) is 3.69. The maximum Gasteiger partial charge on any atom is 0.416 e. The second kappa shape index (κ2) is 5.53. The van der Waals surface area contributed by atoms with Crippen LogP contribution in [0.2, 0.25) is 0 Å². The van der Waals surface area contributed by atoms with Crippen molar-refractivity contribution in [2.75, 3.05) is 0 Å². The van der Waals surface area contributed by atoms with Crippen LogP contribution in [0.25, 0.3) is 0 Å². The fourth-order valence-corrected chi connectivity index (χ4v) is 1.29. The van der Waals surface area contributed by atoms with Crippen molar-refractivity contribution in [3.8, 4) is 11.8 Å². The summed E-state index contributed by atoms with van der Waals surface area (Å²) < 4.78 is 36.8. The molecule has 0 heterocycles. The maximum absolute atomic E-state index is 12.3. The Morgan fingerprint density at radius 3 is 2.29 bits per heavy atom. The number of rotatable bonds is 3. The molecule has 0 aliphatic carbocycles. The first kappa shape index (κ1) is 13.3. The second-order valence-corrected chi connectivity index (χ2v) is 3.43. The third-order valence-electron chi connectivity index (χ3n) is 2.19. The third-order valence-corrected chi connectivity index (χ3v) is 2.19. The smallest absolute Gasteiger partial charge is 0.294 e. The van der Waals surface area contributed by atoms with Gasteiger partial charge in [0.15, 0.2) is 5.78 Å². The zero-order chi connectivity index (χ0) is 12.9. The lowest BCUT2D eigenvalue weighted by Gasteiger charge is -2.06. The topological polar surface area (TPSA) is 17.1 Å². The summed E-state index contributed by atoms with van der Waals surface area (Å²) in [6, 6.07) is 4.23. The van der Waals surface area contributed by atoms with Gasteiger partial charge in [0.2, 0.25) is 0 Å². The van der Waals surface area contributed by atoms with Gasteiger partial charge in [0, 0.05) is 18.4 Å². The molecule has 1 nitrogen and oxygen atoms in total. The number of hydrogen-bond acceptors (Lipinski definition) is 1. The summed E-state index contributed by atoms with van der Waals surface area (Å²) in [5, 5.41) is 0. The van der Waals surface area contributed by atoms with Crippen molar-refractivity contribution in [1.29, 1.82) is 0 Å². The first-order valence-corrected chi connectivity index (χ1v) is 5.05. The lowest BCUT2D eigenvalue weighted by molar-refractivity contribution is -0.137. The third kappa shape index (κ3) is 3.95. The van der Waals surface area contributed by atoms with Gasteiger partial charge in [0.05, 0.1) is 5.56 Å². The van der Waals surface area contributed by atoms with Crippen molar-refractivity contribution < 1.29 is 18.0 Å². The molecule has 0 N–H and O–H groups in total. The Hall–Kier alpha value is -1.76. The van der Waals surface area contributed by atoms with Crippen LogP contribution in [0, 0.1) is 11.8 Å². The Morgan fingerprint density at radius 2 is 1.82 bits per heavy atom.